The Kier molecular flexibility index (Phi) is 4.54. The lowest BCUT2D eigenvalue weighted by Crippen LogP contribution is -2.24. The third-order valence-electron chi connectivity index (χ3n) is 2.76. The summed E-state index contributed by atoms with van der Waals surface area (Å²) in [7, 11) is -1.12. The van der Waals surface area contributed by atoms with Gasteiger partial charge in [0.1, 0.15) is 5.76 Å². The van der Waals surface area contributed by atoms with Gasteiger partial charge >= 0.3 is 0 Å². The molecule has 0 saturated carbocycles. The van der Waals surface area contributed by atoms with Crippen LogP contribution in [0.4, 0.5) is 0 Å². The molecule has 2 rings (SSSR count). The monoisotopic (exact) mass is 307 g/mol. The Morgan fingerprint density at radius 2 is 2.15 bits per heavy atom. The minimum atomic E-state index is -1.12. The van der Waals surface area contributed by atoms with Gasteiger partial charge in [0.15, 0.2) is 11.0 Å². The van der Waals surface area contributed by atoms with Gasteiger partial charge in [0, 0.05) is 6.54 Å². The molecule has 0 aromatic carbocycles. The predicted octanol–water partition coefficient (Wildman–Crippen LogP) is 4.00. The number of allylic oxidation sites excluding steroid dienone is 1. The summed E-state index contributed by atoms with van der Waals surface area (Å²) in [4.78, 5) is 0. The Labute approximate surface area is 125 Å². The fourth-order valence-electron chi connectivity index (χ4n) is 1.79. The summed E-state index contributed by atoms with van der Waals surface area (Å²) in [6, 6.07) is 1.94. The first-order valence-electron chi connectivity index (χ1n) is 6.64. The van der Waals surface area contributed by atoms with Crippen molar-refractivity contribution in [1.82, 2.24) is 14.8 Å². The number of hydrogen-bond donors (Lipinski definition) is 0. The van der Waals surface area contributed by atoms with Crippen LogP contribution >= 0.6 is 11.8 Å². The predicted molar refractivity (Wildman–Crippen MR) is 86.7 cm³/mol. The second-order valence-electron chi connectivity index (χ2n) is 5.95. The number of rotatable bonds is 6. The van der Waals surface area contributed by atoms with Gasteiger partial charge in [-0.25, -0.2) is 0 Å². The highest BCUT2D eigenvalue weighted by Gasteiger charge is 2.19. The van der Waals surface area contributed by atoms with Gasteiger partial charge in [-0.05, 0) is 18.4 Å². The second-order valence-corrected chi connectivity index (χ2v) is 12.9. The summed E-state index contributed by atoms with van der Waals surface area (Å²) < 4.78 is 7.48. The van der Waals surface area contributed by atoms with E-state index in [1.165, 1.54) is 0 Å². The molecule has 0 fully saturated rings. The molecule has 2 aromatic heterocycles. The van der Waals surface area contributed by atoms with Crippen molar-refractivity contribution in [2.24, 2.45) is 0 Å². The van der Waals surface area contributed by atoms with Crippen LogP contribution in [-0.4, -0.2) is 28.2 Å². The second kappa shape index (κ2) is 6.01. The van der Waals surface area contributed by atoms with Gasteiger partial charge < -0.3 is 4.42 Å². The zero-order valence-electron chi connectivity index (χ0n) is 12.5. The maximum atomic E-state index is 5.37. The first-order valence-corrected chi connectivity index (χ1v) is 11.3. The zero-order valence-corrected chi connectivity index (χ0v) is 14.3. The minimum absolute atomic E-state index is 0.709. The van der Waals surface area contributed by atoms with Crippen LogP contribution in [0.15, 0.2) is 34.6 Å². The molecule has 6 heteroatoms. The number of aryl methyl sites for hydroxylation is 1. The lowest BCUT2D eigenvalue weighted by molar-refractivity contribution is 0.534. The molecule has 4 nitrogen and oxygen atoms in total. The van der Waals surface area contributed by atoms with Crippen molar-refractivity contribution >= 4 is 19.8 Å². The van der Waals surface area contributed by atoms with Crippen molar-refractivity contribution in [3.8, 4) is 11.4 Å². The molecule has 20 heavy (non-hydrogen) atoms. The lowest BCUT2D eigenvalue weighted by atomic mass is 10.2. The van der Waals surface area contributed by atoms with Crippen LogP contribution < -0.4 is 0 Å². The van der Waals surface area contributed by atoms with Crippen molar-refractivity contribution in [2.45, 2.75) is 38.3 Å². The molecular weight excluding hydrogens is 286 g/mol. The van der Waals surface area contributed by atoms with Crippen molar-refractivity contribution in [3.05, 3.63) is 30.7 Å². The number of thioether (sulfide) groups is 1. The molecule has 0 bridgehead atoms. The largest absolute Gasteiger partial charge is 0.469 e. The normalized spacial score (nSPS) is 11.8. The molecule has 0 amide bonds. The number of aromatic nitrogens is 3. The van der Waals surface area contributed by atoms with Gasteiger partial charge in [-0.1, -0.05) is 37.5 Å². The quantitative estimate of drug-likeness (QED) is 0.459. The molecule has 0 N–H and O–H groups in total. The van der Waals surface area contributed by atoms with E-state index < -0.39 is 8.07 Å². The standard InChI is InChI=1S/C14H21N3OSSi/c1-6-8-17-13(12-7-9-18-11(12)2)15-16-14(17)19-10-20(3,4)5/h6-7,9H,1,8,10H2,2-5H3. The van der Waals surface area contributed by atoms with Crippen LogP contribution in [-0.2, 0) is 6.54 Å². The molecule has 0 unspecified atom stereocenters. The molecule has 0 aliphatic carbocycles. The highest BCUT2D eigenvalue weighted by molar-refractivity contribution is 8.00. The van der Waals surface area contributed by atoms with Gasteiger partial charge in [-0.2, -0.15) is 0 Å². The molecule has 2 heterocycles. The molecular formula is C14H21N3OSSi. The smallest absolute Gasteiger partial charge is 0.191 e. The fraction of sp³-hybridized carbons (Fsp3) is 0.429. The van der Waals surface area contributed by atoms with E-state index in [0.29, 0.717) is 6.54 Å². The van der Waals surface area contributed by atoms with E-state index in [0.717, 1.165) is 27.7 Å². The zero-order chi connectivity index (χ0) is 14.8. The van der Waals surface area contributed by atoms with Gasteiger partial charge in [0.25, 0.3) is 0 Å². The van der Waals surface area contributed by atoms with Crippen molar-refractivity contribution in [3.63, 3.8) is 0 Å². The van der Waals surface area contributed by atoms with Gasteiger partial charge in [0.05, 0.1) is 19.9 Å². The van der Waals surface area contributed by atoms with Crippen LogP contribution in [0, 0.1) is 6.92 Å². The van der Waals surface area contributed by atoms with E-state index in [1.54, 1.807) is 18.0 Å². The van der Waals surface area contributed by atoms with Gasteiger partial charge in [-0.3, -0.25) is 4.57 Å². The Balaban J connectivity index is 2.33. The number of nitrogens with zero attached hydrogens (tertiary/aromatic N) is 3. The molecule has 0 atom stereocenters. The molecule has 2 aromatic rings. The lowest BCUT2D eigenvalue weighted by Gasteiger charge is -2.14. The van der Waals surface area contributed by atoms with E-state index in [1.807, 2.05) is 19.1 Å². The maximum Gasteiger partial charge on any atom is 0.191 e. The van der Waals surface area contributed by atoms with Crippen LogP contribution in [0.1, 0.15) is 5.76 Å². The fourth-order valence-corrected chi connectivity index (χ4v) is 4.45. The summed E-state index contributed by atoms with van der Waals surface area (Å²) in [6.07, 6.45) is 3.56. The molecule has 0 radical (unpaired) electrons. The first kappa shape index (κ1) is 15.1. The average Bonchev–Trinajstić information content (AvgIpc) is 2.93. The van der Waals surface area contributed by atoms with Gasteiger partial charge in [0.2, 0.25) is 0 Å². The average molecular weight is 307 g/mol. The topological polar surface area (TPSA) is 43.9 Å². The Morgan fingerprint density at radius 1 is 1.40 bits per heavy atom. The number of hydrogen-bond acceptors (Lipinski definition) is 4. The van der Waals surface area contributed by atoms with Crippen molar-refractivity contribution in [1.29, 1.82) is 0 Å². The van der Waals surface area contributed by atoms with E-state index >= 15 is 0 Å². The highest BCUT2D eigenvalue weighted by atomic mass is 32.2. The first-order chi connectivity index (χ1) is 9.42. The van der Waals surface area contributed by atoms with E-state index in [9.17, 15) is 0 Å². The summed E-state index contributed by atoms with van der Waals surface area (Å²) >= 11 is 1.79. The van der Waals surface area contributed by atoms with Crippen LogP contribution in [0.2, 0.25) is 19.6 Å². The van der Waals surface area contributed by atoms with Crippen molar-refractivity contribution < 1.29 is 4.42 Å². The van der Waals surface area contributed by atoms with Crippen LogP contribution in [0.5, 0.6) is 0 Å². The third-order valence-corrected chi connectivity index (χ3v) is 7.36. The van der Waals surface area contributed by atoms with E-state index in [-0.39, 0.29) is 0 Å². The van der Waals surface area contributed by atoms with Crippen LogP contribution in [0.3, 0.4) is 0 Å². The molecule has 108 valence electrons. The molecule has 0 spiro atoms. The Bertz CT molecular complexity index is 598. The SMILES string of the molecule is C=CCn1c(SC[Si](C)(C)C)nnc1-c1ccoc1C. The van der Waals surface area contributed by atoms with Crippen LogP contribution in [0.25, 0.3) is 11.4 Å². The summed E-state index contributed by atoms with van der Waals surface area (Å²) in [5.41, 5.74) is 0.999. The van der Waals surface area contributed by atoms with Gasteiger partial charge in [-0.15, -0.1) is 16.8 Å². The maximum absolute atomic E-state index is 5.37. The summed E-state index contributed by atoms with van der Waals surface area (Å²) in [6.45, 7) is 13.6. The van der Waals surface area contributed by atoms with Crippen molar-refractivity contribution in [2.75, 3.05) is 5.38 Å². The summed E-state index contributed by atoms with van der Waals surface area (Å²) in [5.74, 6) is 1.72. The molecule has 0 saturated heterocycles. The molecule has 0 aliphatic heterocycles. The Hall–Kier alpha value is -1.27. The highest BCUT2D eigenvalue weighted by Crippen LogP contribution is 2.28. The third kappa shape index (κ3) is 3.43. The van der Waals surface area contributed by atoms with E-state index in [2.05, 4.69) is 41.0 Å². The Morgan fingerprint density at radius 3 is 2.70 bits per heavy atom. The van der Waals surface area contributed by atoms with E-state index in [4.69, 9.17) is 4.42 Å². The summed E-state index contributed by atoms with van der Waals surface area (Å²) in [5, 5.41) is 10.8. The molecule has 0 aliphatic rings. The minimum Gasteiger partial charge on any atom is -0.469 e. The number of furan rings is 1.